The van der Waals surface area contributed by atoms with E-state index in [1.807, 2.05) is 42.5 Å². The van der Waals surface area contributed by atoms with Crippen LogP contribution in [-0.2, 0) is 0 Å². The van der Waals surface area contributed by atoms with Gasteiger partial charge in [0.25, 0.3) is 0 Å². The Morgan fingerprint density at radius 2 is 1.28 bits per heavy atom. The van der Waals surface area contributed by atoms with Crippen LogP contribution in [0.5, 0.6) is 11.5 Å². The normalized spacial score (nSPS) is 10.7. The molecule has 0 aliphatic carbocycles. The van der Waals surface area contributed by atoms with Crippen molar-refractivity contribution in [2.75, 3.05) is 0 Å². The first kappa shape index (κ1) is 10.7. The average molecular weight is 236 g/mol. The molecule has 0 fully saturated rings. The van der Waals surface area contributed by atoms with Crippen LogP contribution in [0.1, 0.15) is 0 Å². The maximum atomic E-state index is 9.86. The third-order valence-electron chi connectivity index (χ3n) is 3.06. The van der Waals surface area contributed by atoms with Crippen LogP contribution in [0.4, 0.5) is 0 Å². The van der Waals surface area contributed by atoms with Gasteiger partial charge in [-0.05, 0) is 34.5 Å². The molecule has 2 nitrogen and oxygen atoms in total. The van der Waals surface area contributed by atoms with E-state index in [4.69, 9.17) is 0 Å². The first-order valence-electron chi connectivity index (χ1n) is 5.76. The fourth-order valence-electron chi connectivity index (χ4n) is 2.17. The fraction of sp³-hybridized carbons (Fsp3) is 0. The summed E-state index contributed by atoms with van der Waals surface area (Å²) < 4.78 is 0. The van der Waals surface area contributed by atoms with Gasteiger partial charge in [-0.3, -0.25) is 0 Å². The van der Waals surface area contributed by atoms with Crippen molar-refractivity contribution in [3.8, 4) is 22.6 Å². The zero-order chi connectivity index (χ0) is 12.5. The highest BCUT2D eigenvalue weighted by Gasteiger charge is 2.09. The van der Waals surface area contributed by atoms with E-state index in [9.17, 15) is 10.2 Å². The number of phenols is 2. The number of aromatic hydroxyl groups is 2. The van der Waals surface area contributed by atoms with Gasteiger partial charge in [0.05, 0.1) is 5.56 Å². The maximum absolute atomic E-state index is 9.86. The van der Waals surface area contributed by atoms with Crippen LogP contribution in [0, 0.1) is 0 Å². The molecule has 3 aromatic carbocycles. The molecule has 3 aromatic rings. The van der Waals surface area contributed by atoms with Gasteiger partial charge in [-0.1, -0.05) is 42.5 Å². The van der Waals surface area contributed by atoms with Gasteiger partial charge in [0, 0.05) is 0 Å². The minimum Gasteiger partial charge on any atom is -0.507 e. The molecular weight excluding hydrogens is 224 g/mol. The summed E-state index contributed by atoms with van der Waals surface area (Å²) in [7, 11) is 0. The smallest absolute Gasteiger partial charge is 0.127 e. The summed E-state index contributed by atoms with van der Waals surface area (Å²) in [5, 5.41) is 21.9. The molecule has 0 aliphatic rings. The summed E-state index contributed by atoms with van der Waals surface area (Å²) in [5.74, 6) is 0.176. The van der Waals surface area contributed by atoms with Crippen LogP contribution >= 0.6 is 0 Å². The Labute approximate surface area is 105 Å². The number of benzene rings is 3. The standard InChI is InChI=1S/C16H12O2/c17-14-6-3-7-15(18)16(14)13-9-8-11-4-1-2-5-12(11)10-13/h1-10,17-18H. The van der Waals surface area contributed by atoms with Gasteiger partial charge < -0.3 is 10.2 Å². The molecule has 0 atom stereocenters. The molecule has 0 aliphatic heterocycles. The fourth-order valence-corrected chi connectivity index (χ4v) is 2.17. The van der Waals surface area contributed by atoms with Gasteiger partial charge in [0.2, 0.25) is 0 Å². The summed E-state index contributed by atoms with van der Waals surface area (Å²) in [6, 6.07) is 18.6. The predicted octanol–water partition coefficient (Wildman–Crippen LogP) is 3.92. The van der Waals surface area contributed by atoms with E-state index in [0.29, 0.717) is 5.56 Å². The van der Waals surface area contributed by atoms with Crippen molar-refractivity contribution < 1.29 is 10.2 Å². The van der Waals surface area contributed by atoms with Crippen LogP contribution in [0.2, 0.25) is 0 Å². The molecule has 0 heterocycles. The van der Waals surface area contributed by atoms with Crippen molar-refractivity contribution in [3.63, 3.8) is 0 Å². The molecule has 0 unspecified atom stereocenters. The maximum Gasteiger partial charge on any atom is 0.127 e. The molecule has 0 saturated carbocycles. The summed E-state index contributed by atoms with van der Waals surface area (Å²) in [5.41, 5.74) is 1.28. The van der Waals surface area contributed by atoms with Crippen LogP contribution in [0.25, 0.3) is 21.9 Å². The second-order valence-electron chi connectivity index (χ2n) is 4.23. The number of rotatable bonds is 1. The Kier molecular flexibility index (Phi) is 2.41. The number of fused-ring (bicyclic) bond motifs is 1. The Bertz CT molecular complexity index is 697. The zero-order valence-corrected chi connectivity index (χ0v) is 9.67. The zero-order valence-electron chi connectivity index (χ0n) is 9.67. The monoisotopic (exact) mass is 236 g/mol. The number of phenolic OH excluding ortho intramolecular Hbond substituents is 2. The Morgan fingerprint density at radius 1 is 0.611 bits per heavy atom. The molecule has 88 valence electrons. The summed E-state index contributed by atoms with van der Waals surface area (Å²) in [6.07, 6.45) is 0. The lowest BCUT2D eigenvalue weighted by Crippen LogP contribution is -1.81. The molecule has 0 saturated heterocycles. The van der Waals surface area contributed by atoms with Gasteiger partial charge in [0.1, 0.15) is 11.5 Å². The molecule has 2 heteroatoms. The van der Waals surface area contributed by atoms with Gasteiger partial charge in [-0.2, -0.15) is 0 Å². The van der Waals surface area contributed by atoms with E-state index in [-0.39, 0.29) is 11.5 Å². The van der Waals surface area contributed by atoms with E-state index in [1.54, 1.807) is 18.2 Å². The second-order valence-corrected chi connectivity index (χ2v) is 4.23. The van der Waals surface area contributed by atoms with Gasteiger partial charge in [-0.15, -0.1) is 0 Å². The summed E-state index contributed by atoms with van der Waals surface area (Å²) in [4.78, 5) is 0. The lowest BCUT2D eigenvalue weighted by molar-refractivity contribution is 0.454. The van der Waals surface area contributed by atoms with E-state index in [2.05, 4.69) is 0 Å². The number of hydrogen-bond acceptors (Lipinski definition) is 2. The Balaban J connectivity index is 2.26. The minimum atomic E-state index is 0.0882. The quantitative estimate of drug-likeness (QED) is 0.672. The topological polar surface area (TPSA) is 40.5 Å². The largest absolute Gasteiger partial charge is 0.507 e. The molecule has 0 spiro atoms. The molecule has 3 rings (SSSR count). The minimum absolute atomic E-state index is 0.0882. The highest BCUT2D eigenvalue weighted by Crippen LogP contribution is 2.37. The van der Waals surface area contributed by atoms with E-state index in [1.165, 1.54) is 0 Å². The van der Waals surface area contributed by atoms with Crippen LogP contribution in [-0.4, -0.2) is 10.2 Å². The van der Waals surface area contributed by atoms with Crippen molar-refractivity contribution in [3.05, 3.63) is 60.7 Å². The van der Waals surface area contributed by atoms with Crippen molar-refractivity contribution >= 4 is 10.8 Å². The van der Waals surface area contributed by atoms with Gasteiger partial charge >= 0.3 is 0 Å². The van der Waals surface area contributed by atoms with Crippen LogP contribution < -0.4 is 0 Å². The van der Waals surface area contributed by atoms with Gasteiger partial charge in [-0.25, -0.2) is 0 Å². The highest BCUT2D eigenvalue weighted by molar-refractivity contribution is 5.89. The van der Waals surface area contributed by atoms with Crippen molar-refractivity contribution in [1.82, 2.24) is 0 Å². The molecular formula is C16H12O2. The third kappa shape index (κ3) is 1.68. The molecule has 18 heavy (non-hydrogen) atoms. The average Bonchev–Trinajstić information content (AvgIpc) is 2.38. The van der Waals surface area contributed by atoms with Gasteiger partial charge in [0.15, 0.2) is 0 Å². The van der Waals surface area contributed by atoms with E-state index < -0.39 is 0 Å². The molecule has 2 N–H and O–H groups in total. The molecule has 0 bridgehead atoms. The van der Waals surface area contributed by atoms with Crippen LogP contribution in [0.3, 0.4) is 0 Å². The lowest BCUT2D eigenvalue weighted by atomic mass is 10.00. The lowest BCUT2D eigenvalue weighted by Gasteiger charge is -2.08. The third-order valence-corrected chi connectivity index (χ3v) is 3.06. The molecule has 0 aromatic heterocycles. The van der Waals surface area contributed by atoms with E-state index >= 15 is 0 Å². The molecule has 0 radical (unpaired) electrons. The summed E-state index contributed by atoms with van der Waals surface area (Å²) in [6.45, 7) is 0. The Morgan fingerprint density at radius 3 is 2.00 bits per heavy atom. The van der Waals surface area contributed by atoms with Crippen molar-refractivity contribution in [1.29, 1.82) is 0 Å². The van der Waals surface area contributed by atoms with E-state index in [0.717, 1.165) is 16.3 Å². The second kappa shape index (κ2) is 4.08. The van der Waals surface area contributed by atoms with Crippen molar-refractivity contribution in [2.45, 2.75) is 0 Å². The SMILES string of the molecule is Oc1cccc(O)c1-c1ccc2ccccc2c1. The first-order valence-corrected chi connectivity index (χ1v) is 5.76. The highest BCUT2D eigenvalue weighted by atomic mass is 16.3. The van der Waals surface area contributed by atoms with Crippen molar-refractivity contribution in [2.24, 2.45) is 0 Å². The number of hydrogen-bond donors (Lipinski definition) is 2. The summed E-state index contributed by atoms with van der Waals surface area (Å²) >= 11 is 0. The van der Waals surface area contributed by atoms with Crippen LogP contribution in [0.15, 0.2) is 60.7 Å². The first-order chi connectivity index (χ1) is 8.75. The predicted molar refractivity (Wildman–Crippen MR) is 72.7 cm³/mol. The molecule has 0 amide bonds. The Hall–Kier alpha value is -2.48.